The maximum atomic E-state index is 12.6. The first-order chi connectivity index (χ1) is 21.1. The molecule has 2 aromatic rings. The number of hydrogen-bond acceptors (Lipinski definition) is 7. The van der Waals surface area contributed by atoms with Crippen LogP contribution in [0.15, 0.2) is 54.8 Å². The molecular formula is C31H35ClN5O7S+. The summed E-state index contributed by atoms with van der Waals surface area (Å²) in [5.74, 6) is -2.61. The third kappa shape index (κ3) is 6.94. The van der Waals surface area contributed by atoms with Crippen LogP contribution in [0, 0.1) is 17.2 Å². The highest BCUT2D eigenvalue weighted by molar-refractivity contribution is 7.85. The van der Waals surface area contributed by atoms with E-state index in [9.17, 15) is 33.2 Å². The minimum atomic E-state index is -4.15. The number of urea groups is 1. The first kappa shape index (κ1) is 33.8. The molecule has 1 fully saturated rings. The number of pyridine rings is 1. The summed E-state index contributed by atoms with van der Waals surface area (Å²) in [6.07, 6.45) is 5.16. The van der Waals surface area contributed by atoms with Gasteiger partial charge in [0.15, 0.2) is 11.9 Å². The van der Waals surface area contributed by atoms with Crippen LogP contribution in [-0.2, 0) is 31.7 Å². The quantitative estimate of drug-likeness (QED) is 0.129. The average molecular weight is 657 g/mol. The highest BCUT2D eigenvalue weighted by Crippen LogP contribution is 2.39. The monoisotopic (exact) mass is 656 g/mol. The lowest BCUT2D eigenvalue weighted by atomic mass is 9.82. The zero-order valence-electron chi connectivity index (χ0n) is 25.3. The molecule has 0 saturated carbocycles. The molecule has 4 rings (SSSR count). The van der Waals surface area contributed by atoms with Gasteiger partial charge in [-0.2, -0.15) is 18.2 Å². The van der Waals surface area contributed by atoms with Crippen molar-refractivity contribution in [3.63, 3.8) is 0 Å². The number of aliphatic hydroxyl groups excluding tert-OH is 1. The highest BCUT2D eigenvalue weighted by Gasteiger charge is 2.44. The molecule has 2 atom stereocenters. The van der Waals surface area contributed by atoms with Crippen LogP contribution < -0.4 is 4.57 Å². The highest BCUT2D eigenvalue weighted by atomic mass is 35.5. The van der Waals surface area contributed by atoms with Crippen LogP contribution in [0.4, 0.5) is 4.79 Å². The number of nitrogens with zero attached hydrogens (tertiary/aromatic N) is 5. The SMILES string of the molecule is CN1C(=O)C(C=CC=C(C#N)c2cc[n+]3c(c2)C(C)(C)c2cc(CN(CCCS(=O)(=O)O)C(=O)CCl)ccc2-3)C(O)N(C)C1=O. The van der Waals surface area contributed by atoms with Crippen LogP contribution in [0.1, 0.15) is 42.7 Å². The van der Waals surface area contributed by atoms with E-state index in [1.807, 2.05) is 54.9 Å². The van der Waals surface area contributed by atoms with Gasteiger partial charge < -0.3 is 14.9 Å². The summed E-state index contributed by atoms with van der Waals surface area (Å²) in [6.45, 7) is 4.41. The van der Waals surface area contributed by atoms with Gasteiger partial charge in [-0.25, -0.2) is 4.79 Å². The molecule has 2 aliphatic rings. The van der Waals surface area contributed by atoms with Crippen molar-refractivity contribution in [1.82, 2.24) is 14.7 Å². The molecule has 14 heteroatoms. The van der Waals surface area contributed by atoms with Crippen molar-refractivity contribution in [2.24, 2.45) is 5.92 Å². The molecule has 3 heterocycles. The second-order valence-corrected chi connectivity index (χ2v) is 13.4. The van der Waals surface area contributed by atoms with Gasteiger partial charge in [0, 0.05) is 56.5 Å². The zero-order chi connectivity index (χ0) is 33.3. The lowest BCUT2D eigenvalue weighted by Crippen LogP contribution is -2.58. The molecule has 4 amide bonds. The van der Waals surface area contributed by atoms with E-state index in [1.165, 1.54) is 31.1 Å². The number of carbonyl (C=O) groups is 3. The number of amides is 4. The summed E-state index contributed by atoms with van der Waals surface area (Å²) in [4.78, 5) is 40.6. The second kappa shape index (κ2) is 13.1. The third-order valence-corrected chi connectivity index (χ3v) is 9.23. The molecular weight excluding hydrogens is 622 g/mol. The maximum Gasteiger partial charge on any atom is 0.328 e. The lowest BCUT2D eigenvalue weighted by molar-refractivity contribution is -0.599. The van der Waals surface area contributed by atoms with Crippen LogP contribution in [-0.4, -0.2) is 89.1 Å². The Morgan fingerprint density at radius 3 is 2.58 bits per heavy atom. The smallest absolute Gasteiger partial charge is 0.328 e. The van der Waals surface area contributed by atoms with Crippen LogP contribution >= 0.6 is 11.6 Å². The van der Waals surface area contributed by atoms with Crippen molar-refractivity contribution in [3.05, 3.63) is 77.1 Å². The standard InChI is InChI=1S/C31H34ClN5O7S/c1-31(2)24-15-20(19-36(27(38)17-32)12-6-14-45(42,43)44)9-10-25(24)37-13-11-21(16-26(31)37)22(18-33)7-5-8-23-28(39)34(3)30(41)35(4)29(23)40/h5,7-11,13,15-16,23,28,39H,6,12,14,17,19H2,1-4H3/p+1. The number of imide groups is 1. The van der Waals surface area contributed by atoms with Gasteiger partial charge in [0.2, 0.25) is 17.5 Å². The summed E-state index contributed by atoms with van der Waals surface area (Å²) >= 11 is 5.80. The van der Waals surface area contributed by atoms with E-state index >= 15 is 0 Å². The first-order valence-electron chi connectivity index (χ1n) is 14.1. The Morgan fingerprint density at radius 2 is 1.93 bits per heavy atom. The summed E-state index contributed by atoms with van der Waals surface area (Å²) < 4.78 is 33.4. The summed E-state index contributed by atoms with van der Waals surface area (Å²) in [5.41, 5.74) is 4.14. The molecule has 1 saturated heterocycles. The Bertz CT molecular complexity index is 1750. The third-order valence-electron chi connectivity index (χ3n) is 8.20. The fourth-order valence-electron chi connectivity index (χ4n) is 5.61. The number of halogens is 1. The van der Waals surface area contributed by atoms with Gasteiger partial charge >= 0.3 is 6.03 Å². The largest absolute Gasteiger partial charge is 0.372 e. The minimum Gasteiger partial charge on any atom is -0.372 e. The van der Waals surface area contributed by atoms with Crippen molar-refractivity contribution in [2.45, 2.75) is 38.5 Å². The predicted molar refractivity (Wildman–Crippen MR) is 165 cm³/mol. The zero-order valence-corrected chi connectivity index (χ0v) is 26.9. The lowest BCUT2D eigenvalue weighted by Gasteiger charge is -2.37. The maximum absolute atomic E-state index is 12.6. The van der Waals surface area contributed by atoms with E-state index in [0.29, 0.717) is 11.1 Å². The Balaban J connectivity index is 1.58. The minimum absolute atomic E-state index is 0.0667. The topological polar surface area (TPSA) is 163 Å². The molecule has 0 bridgehead atoms. The van der Waals surface area contributed by atoms with Crippen molar-refractivity contribution in [2.75, 3.05) is 32.3 Å². The number of aliphatic hydroxyl groups is 1. The van der Waals surface area contributed by atoms with Crippen LogP contribution in [0.2, 0.25) is 0 Å². The number of carbonyl (C=O) groups excluding carboxylic acids is 3. The summed E-state index contributed by atoms with van der Waals surface area (Å²) in [7, 11) is -1.40. The molecule has 1 aromatic heterocycles. The van der Waals surface area contributed by atoms with E-state index in [-0.39, 0.29) is 31.3 Å². The molecule has 2 N–H and O–H groups in total. The van der Waals surface area contributed by atoms with E-state index in [2.05, 4.69) is 6.07 Å². The normalized spacial score (nSPS) is 19.5. The number of allylic oxidation sites excluding steroid dienone is 3. The Hall–Kier alpha value is -4.09. The van der Waals surface area contributed by atoms with E-state index in [1.54, 1.807) is 6.08 Å². The van der Waals surface area contributed by atoms with Crippen LogP contribution in [0.3, 0.4) is 0 Å². The Morgan fingerprint density at radius 1 is 1.22 bits per heavy atom. The summed E-state index contributed by atoms with van der Waals surface area (Å²) in [5, 5.41) is 20.4. The molecule has 0 radical (unpaired) electrons. The van der Waals surface area contributed by atoms with Crippen molar-refractivity contribution >= 4 is 45.1 Å². The fourth-order valence-corrected chi connectivity index (χ4v) is 6.27. The summed E-state index contributed by atoms with van der Waals surface area (Å²) in [6, 6.07) is 11.1. The molecule has 0 spiro atoms. The van der Waals surface area contributed by atoms with Gasteiger partial charge in [-0.05, 0) is 38.0 Å². The van der Waals surface area contributed by atoms with Gasteiger partial charge in [-0.3, -0.25) is 19.0 Å². The number of nitriles is 1. The van der Waals surface area contributed by atoms with Gasteiger partial charge in [0.25, 0.3) is 10.1 Å². The molecule has 0 aliphatic carbocycles. The van der Waals surface area contributed by atoms with E-state index < -0.39 is 45.4 Å². The van der Waals surface area contributed by atoms with Crippen molar-refractivity contribution in [1.29, 1.82) is 5.26 Å². The van der Waals surface area contributed by atoms with Crippen molar-refractivity contribution < 1.29 is 37.0 Å². The number of alkyl halides is 1. The number of rotatable bonds is 10. The number of fused-ring (bicyclic) bond motifs is 3. The van der Waals surface area contributed by atoms with Crippen LogP contribution in [0.25, 0.3) is 11.3 Å². The van der Waals surface area contributed by atoms with Crippen LogP contribution in [0.5, 0.6) is 0 Å². The number of benzene rings is 1. The predicted octanol–water partition coefficient (Wildman–Crippen LogP) is 2.37. The van der Waals surface area contributed by atoms with Crippen molar-refractivity contribution in [3.8, 4) is 11.8 Å². The van der Waals surface area contributed by atoms with Gasteiger partial charge in [0.05, 0.1) is 22.8 Å². The van der Waals surface area contributed by atoms with Gasteiger partial charge in [-0.1, -0.05) is 18.2 Å². The molecule has 2 aliphatic heterocycles. The van der Waals surface area contributed by atoms with E-state index in [4.69, 9.17) is 16.2 Å². The second-order valence-electron chi connectivity index (χ2n) is 11.5. The number of hydrogen-bond donors (Lipinski definition) is 2. The fraction of sp³-hybridized carbons (Fsp3) is 0.387. The molecule has 238 valence electrons. The number of aromatic nitrogens is 1. The molecule has 12 nitrogen and oxygen atoms in total. The Labute approximate surface area is 267 Å². The molecule has 2 unspecified atom stereocenters. The molecule has 1 aromatic carbocycles. The first-order valence-corrected chi connectivity index (χ1v) is 16.2. The Kier molecular flexibility index (Phi) is 9.84. The van der Waals surface area contributed by atoms with E-state index in [0.717, 1.165) is 32.3 Å². The molecule has 45 heavy (non-hydrogen) atoms. The average Bonchev–Trinajstić information content (AvgIpc) is 3.22. The van der Waals surface area contributed by atoms with Gasteiger partial charge in [0.1, 0.15) is 18.0 Å². The van der Waals surface area contributed by atoms with Gasteiger partial charge in [-0.15, -0.1) is 11.6 Å².